The number of hydrogen-bond donors (Lipinski definition) is 1. The Morgan fingerprint density at radius 1 is 1.32 bits per heavy atom. The van der Waals surface area contributed by atoms with Crippen LogP contribution in [0.4, 0.5) is 0 Å². The first-order chi connectivity index (χ1) is 8.86. The van der Waals surface area contributed by atoms with E-state index >= 15 is 0 Å². The van der Waals surface area contributed by atoms with Gasteiger partial charge in [0.25, 0.3) is 0 Å². The van der Waals surface area contributed by atoms with Crippen LogP contribution < -0.4 is 5.32 Å². The molecule has 1 N–H and O–H groups in total. The molecule has 0 bridgehead atoms. The molecular weight excluding hydrogens is 260 g/mol. The Balaban J connectivity index is 2.69. The molecule has 1 aliphatic heterocycles. The van der Waals surface area contributed by atoms with Crippen molar-refractivity contribution >= 4 is 23.6 Å². The minimum Gasteiger partial charge on any atom is -0.343 e. The maximum atomic E-state index is 12.4. The first-order valence-electron chi connectivity index (χ1n) is 7.00. The summed E-state index contributed by atoms with van der Waals surface area (Å²) in [6.45, 7) is 8.76. The Morgan fingerprint density at radius 2 is 1.95 bits per heavy atom. The van der Waals surface area contributed by atoms with E-state index in [1.165, 1.54) is 0 Å². The minimum absolute atomic E-state index is 0.0259. The third-order valence-corrected chi connectivity index (χ3v) is 4.67. The first-order valence-corrected chi connectivity index (χ1v) is 8.29. The van der Waals surface area contributed by atoms with Crippen LogP contribution in [-0.4, -0.2) is 46.8 Å². The third-order valence-electron chi connectivity index (χ3n) is 3.63. The molecule has 1 saturated heterocycles. The van der Waals surface area contributed by atoms with E-state index in [0.29, 0.717) is 24.1 Å². The first kappa shape index (κ1) is 16.3. The van der Waals surface area contributed by atoms with E-state index in [1.54, 1.807) is 16.7 Å². The molecular formula is C14H26N2O2S. The van der Waals surface area contributed by atoms with Crippen molar-refractivity contribution in [3.05, 3.63) is 0 Å². The van der Waals surface area contributed by atoms with Gasteiger partial charge in [0, 0.05) is 11.8 Å². The van der Waals surface area contributed by atoms with Crippen molar-refractivity contribution in [2.45, 2.75) is 57.9 Å². The molecule has 0 aromatic rings. The molecule has 0 aliphatic carbocycles. The second-order valence-corrected chi connectivity index (χ2v) is 7.01. The van der Waals surface area contributed by atoms with Crippen LogP contribution in [0.3, 0.4) is 0 Å². The highest BCUT2D eigenvalue weighted by molar-refractivity contribution is 7.99. The van der Waals surface area contributed by atoms with Crippen molar-refractivity contribution in [2.75, 3.05) is 12.8 Å². The Labute approximate surface area is 120 Å². The highest BCUT2D eigenvalue weighted by atomic mass is 32.2. The lowest BCUT2D eigenvalue weighted by Crippen LogP contribution is -2.62. The molecule has 0 spiro atoms. The van der Waals surface area contributed by atoms with Crippen LogP contribution in [-0.2, 0) is 9.59 Å². The molecule has 0 aromatic heterocycles. The number of carbonyl (C=O) groups excluding carboxylic acids is 2. The molecule has 0 aromatic carbocycles. The van der Waals surface area contributed by atoms with Gasteiger partial charge in [-0.15, -0.1) is 0 Å². The molecule has 0 saturated carbocycles. The van der Waals surface area contributed by atoms with Crippen molar-refractivity contribution in [2.24, 2.45) is 5.92 Å². The number of carbonyl (C=O) groups is 2. The molecule has 1 rings (SSSR count). The summed E-state index contributed by atoms with van der Waals surface area (Å²) in [7, 11) is 0. The van der Waals surface area contributed by atoms with Gasteiger partial charge in [-0.3, -0.25) is 9.59 Å². The fourth-order valence-corrected chi connectivity index (χ4v) is 2.60. The highest BCUT2D eigenvalue weighted by Crippen LogP contribution is 2.18. The number of thioether (sulfide) groups is 1. The van der Waals surface area contributed by atoms with Gasteiger partial charge < -0.3 is 10.2 Å². The third kappa shape index (κ3) is 4.41. The monoisotopic (exact) mass is 286 g/mol. The van der Waals surface area contributed by atoms with E-state index in [2.05, 4.69) is 32.3 Å². The summed E-state index contributed by atoms with van der Waals surface area (Å²) < 4.78 is 0. The predicted molar refractivity (Wildman–Crippen MR) is 80.2 cm³/mol. The van der Waals surface area contributed by atoms with Crippen LogP contribution in [0.1, 0.15) is 40.5 Å². The van der Waals surface area contributed by atoms with Crippen molar-refractivity contribution in [1.29, 1.82) is 0 Å². The van der Waals surface area contributed by atoms with Gasteiger partial charge in [-0.25, -0.2) is 0 Å². The van der Waals surface area contributed by atoms with Crippen LogP contribution >= 0.6 is 11.8 Å². The van der Waals surface area contributed by atoms with E-state index in [1.807, 2.05) is 6.92 Å². The molecule has 19 heavy (non-hydrogen) atoms. The van der Waals surface area contributed by atoms with Gasteiger partial charge >= 0.3 is 0 Å². The van der Waals surface area contributed by atoms with Crippen LogP contribution in [0.2, 0.25) is 0 Å². The zero-order valence-electron chi connectivity index (χ0n) is 12.6. The quantitative estimate of drug-likeness (QED) is 0.811. The summed E-state index contributed by atoms with van der Waals surface area (Å²) in [4.78, 5) is 26.1. The van der Waals surface area contributed by atoms with Crippen molar-refractivity contribution in [3.8, 4) is 0 Å². The summed E-state index contributed by atoms with van der Waals surface area (Å²) in [5.41, 5.74) is 0. The minimum atomic E-state index is -0.343. The van der Waals surface area contributed by atoms with Crippen molar-refractivity contribution in [1.82, 2.24) is 10.2 Å². The van der Waals surface area contributed by atoms with Crippen molar-refractivity contribution in [3.63, 3.8) is 0 Å². The van der Waals surface area contributed by atoms with E-state index in [4.69, 9.17) is 0 Å². The predicted octanol–water partition coefficient (Wildman–Crippen LogP) is 1.89. The molecule has 1 heterocycles. The van der Waals surface area contributed by atoms with Gasteiger partial charge in [-0.2, -0.15) is 11.8 Å². The number of rotatable bonds is 6. The lowest BCUT2D eigenvalue weighted by atomic mass is 9.98. The molecule has 5 heteroatoms. The summed E-state index contributed by atoms with van der Waals surface area (Å²) in [5.74, 6) is 0.450. The number of nitrogens with one attached hydrogen (secondary N) is 1. The topological polar surface area (TPSA) is 49.4 Å². The lowest BCUT2D eigenvalue weighted by Gasteiger charge is -2.38. The maximum Gasteiger partial charge on any atom is 0.245 e. The van der Waals surface area contributed by atoms with Gasteiger partial charge in [-0.05, 0) is 31.9 Å². The molecule has 110 valence electrons. The molecule has 1 aliphatic rings. The smallest absolute Gasteiger partial charge is 0.245 e. The number of hydrogen-bond acceptors (Lipinski definition) is 3. The van der Waals surface area contributed by atoms with Gasteiger partial charge in [-0.1, -0.05) is 20.8 Å². The number of piperazine rings is 1. The van der Waals surface area contributed by atoms with Crippen LogP contribution in [0.15, 0.2) is 0 Å². The Morgan fingerprint density at radius 3 is 2.47 bits per heavy atom. The van der Waals surface area contributed by atoms with Crippen LogP contribution in [0.25, 0.3) is 0 Å². The average Bonchev–Trinajstić information content (AvgIpc) is 2.35. The standard InChI is InChI=1S/C14H26N2O2S/c1-9(2)8-12-14(18)16(7-6-10(3)19-5)11(4)13(17)15-12/h9-12H,6-8H2,1-5H3,(H,15,17). The van der Waals surface area contributed by atoms with Gasteiger partial charge in [0.2, 0.25) is 11.8 Å². The zero-order chi connectivity index (χ0) is 14.6. The fourth-order valence-electron chi connectivity index (χ4n) is 2.26. The van der Waals surface area contributed by atoms with Gasteiger partial charge in [0.1, 0.15) is 12.1 Å². The maximum absolute atomic E-state index is 12.4. The van der Waals surface area contributed by atoms with Crippen LogP contribution in [0, 0.1) is 5.92 Å². The Kier molecular flexibility index (Phi) is 6.17. The van der Waals surface area contributed by atoms with E-state index in [9.17, 15) is 9.59 Å². The summed E-state index contributed by atoms with van der Waals surface area (Å²) in [6.07, 6.45) is 3.71. The second-order valence-electron chi connectivity index (χ2n) is 5.73. The molecule has 3 atom stereocenters. The second kappa shape index (κ2) is 7.17. The normalized spacial score (nSPS) is 25.7. The Hall–Kier alpha value is -0.710. The highest BCUT2D eigenvalue weighted by Gasteiger charge is 2.37. The van der Waals surface area contributed by atoms with E-state index in [-0.39, 0.29) is 23.9 Å². The van der Waals surface area contributed by atoms with E-state index < -0.39 is 0 Å². The summed E-state index contributed by atoms with van der Waals surface area (Å²) in [5, 5.41) is 3.35. The van der Waals surface area contributed by atoms with Gasteiger partial charge in [0.05, 0.1) is 0 Å². The molecule has 2 amide bonds. The summed E-state index contributed by atoms with van der Waals surface area (Å²) >= 11 is 1.79. The number of amides is 2. The van der Waals surface area contributed by atoms with Crippen molar-refractivity contribution < 1.29 is 9.59 Å². The Bertz CT molecular complexity index is 333. The molecule has 3 unspecified atom stereocenters. The van der Waals surface area contributed by atoms with E-state index in [0.717, 1.165) is 6.42 Å². The zero-order valence-corrected chi connectivity index (χ0v) is 13.4. The summed E-state index contributed by atoms with van der Waals surface area (Å²) in [6, 6.07) is -0.682. The average molecular weight is 286 g/mol. The molecule has 1 fully saturated rings. The van der Waals surface area contributed by atoms with Crippen LogP contribution in [0.5, 0.6) is 0 Å². The van der Waals surface area contributed by atoms with Gasteiger partial charge in [0.15, 0.2) is 0 Å². The SMILES string of the molecule is CSC(C)CCN1C(=O)C(CC(C)C)NC(=O)C1C. The largest absolute Gasteiger partial charge is 0.343 e. The molecule has 4 nitrogen and oxygen atoms in total. The lowest BCUT2D eigenvalue weighted by molar-refractivity contribution is -0.149. The number of nitrogens with zero attached hydrogens (tertiary/aromatic N) is 1. The fraction of sp³-hybridized carbons (Fsp3) is 0.857. The molecule has 0 radical (unpaired) electrons.